The van der Waals surface area contributed by atoms with E-state index in [4.69, 9.17) is 11.6 Å². The van der Waals surface area contributed by atoms with Crippen LogP contribution in [0.2, 0.25) is 5.02 Å². The first-order valence-electron chi connectivity index (χ1n) is 5.85. The van der Waals surface area contributed by atoms with Crippen LogP contribution in [-0.2, 0) is 4.79 Å². The van der Waals surface area contributed by atoms with E-state index in [0.717, 1.165) is 24.3 Å². The van der Waals surface area contributed by atoms with Gasteiger partial charge in [-0.2, -0.15) is 0 Å². The van der Waals surface area contributed by atoms with Crippen LogP contribution < -0.4 is 5.32 Å². The summed E-state index contributed by atoms with van der Waals surface area (Å²) in [7, 11) is 0. The summed E-state index contributed by atoms with van der Waals surface area (Å²) in [5.41, 5.74) is 1.80. The topological polar surface area (TPSA) is 32.3 Å². The number of anilines is 1. The molecular formula is C13H20Cl2N2O. The van der Waals surface area contributed by atoms with Crippen LogP contribution in [0.3, 0.4) is 0 Å². The van der Waals surface area contributed by atoms with Crippen molar-refractivity contribution >= 4 is 35.6 Å². The molecule has 0 fully saturated rings. The molecule has 1 N–H and O–H groups in total. The molecule has 0 spiro atoms. The number of nitrogens with one attached hydrogen (secondary N) is 1. The Kier molecular flexibility index (Phi) is 8.00. The van der Waals surface area contributed by atoms with Gasteiger partial charge < -0.3 is 5.32 Å². The Labute approximate surface area is 120 Å². The third kappa shape index (κ3) is 5.25. The van der Waals surface area contributed by atoms with Gasteiger partial charge in [-0.15, -0.1) is 12.4 Å². The minimum absolute atomic E-state index is 0. The van der Waals surface area contributed by atoms with Crippen LogP contribution in [0.5, 0.6) is 0 Å². The smallest absolute Gasteiger partial charge is 0.238 e. The highest BCUT2D eigenvalue weighted by molar-refractivity contribution is 6.30. The van der Waals surface area contributed by atoms with Gasteiger partial charge in [-0.1, -0.05) is 25.4 Å². The fourth-order valence-corrected chi connectivity index (χ4v) is 1.83. The summed E-state index contributed by atoms with van der Waals surface area (Å²) in [6, 6.07) is 5.45. The number of aryl methyl sites for hydroxylation is 1. The number of hydrogen-bond acceptors (Lipinski definition) is 2. The molecule has 102 valence electrons. The van der Waals surface area contributed by atoms with Crippen molar-refractivity contribution in [2.45, 2.75) is 20.8 Å². The van der Waals surface area contributed by atoms with Crippen molar-refractivity contribution in [1.29, 1.82) is 0 Å². The zero-order chi connectivity index (χ0) is 12.8. The fourth-order valence-electron chi connectivity index (χ4n) is 1.61. The highest BCUT2D eigenvalue weighted by atomic mass is 35.5. The van der Waals surface area contributed by atoms with Crippen LogP contribution in [-0.4, -0.2) is 30.4 Å². The molecule has 0 atom stereocenters. The maximum Gasteiger partial charge on any atom is 0.238 e. The monoisotopic (exact) mass is 290 g/mol. The average Bonchev–Trinajstić information content (AvgIpc) is 2.29. The first-order valence-corrected chi connectivity index (χ1v) is 6.23. The Hall–Kier alpha value is -0.770. The van der Waals surface area contributed by atoms with E-state index in [1.165, 1.54) is 0 Å². The second-order valence-corrected chi connectivity index (χ2v) is 4.41. The number of hydrogen-bond donors (Lipinski definition) is 1. The van der Waals surface area contributed by atoms with Crippen molar-refractivity contribution in [1.82, 2.24) is 4.90 Å². The predicted molar refractivity (Wildman–Crippen MR) is 79.9 cm³/mol. The maximum absolute atomic E-state index is 11.8. The lowest BCUT2D eigenvalue weighted by molar-refractivity contribution is -0.117. The van der Waals surface area contributed by atoms with Gasteiger partial charge in [0.2, 0.25) is 5.91 Å². The van der Waals surface area contributed by atoms with Gasteiger partial charge in [0.25, 0.3) is 0 Å². The summed E-state index contributed by atoms with van der Waals surface area (Å²) in [5, 5.41) is 3.58. The highest BCUT2D eigenvalue weighted by Crippen LogP contribution is 2.19. The van der Waals surface area contributed by atoms with Crippen LogP contribution in [0.4, 0.5) is 5.69 Å². The number of amides is 1. The summed E-state index contributed by atoms with van der Waals surface area (Å²) < 4.78 is 0. The van der Waals surface area contributed by atoms with Gasteiger partial charge in [-0.25, -0.2) is 0 Å². The Morgan fingerprint density at radius 1 is 1.33 bits per heavy atom. The molecule has 1 rings (SSSR count). The van der Waals surface area contributed by atoms with Crippen molar-refractivity contribution in [2.24, 2.45) is 0 Å². The van der Waals surface area contributed by atoms with Gasteiger partial charge in [-0.05, 0) is 43.8 Å². The number of benzene rings is 1. The molecule has 0 aromatic heterocycles. The van der Waals surface area contributed by atoms with Gasteiger partial charge in [-0.3, -0.25) is 9.69 Å². The molecular weight excluding hydrogens is 271 g/mol. The van der Waals surface area contributed by atoms with Gasteiger partial charge in [0.1, 0.15) is 0 Å². The summed E-state index contributed by atoms with van der Waals surface area (Å²) in [6.07, 6.45) is 0. The minimum atomic E-state index is 0. The number of carbonyl (C=O) groups excluding carboxylic acids is 1. The number of likely N-dealkylation sites (N-methyl/N-ethyl adjacent to an activating group) is 1. The molecule has 0 radical (unpaired) electrons. The van der Waals surface area contributed by atoms with E-state index in [-0.39, 0.29) is 18.3 Å². The quantitative estimate of drug-likeness (QED) is 0.902. The van der Waals surface area contributed by atoms with Crippen molar-refractivity contribution in [3.8, 4) is 0 Å². The molecule has 0 aliphatic carbocycles. The van der Waals surface area contributed by atoms with Crippen molar-refractivity contribution in [3.63, 3.8) is 0 Å². The first kappa shape index (κ1) is 17.2. The third-order valence-electron chi connectivity index (χ3n) is 2.72. The molecule has 0 aliphatic heterocycles. The zero-order valence-electron chi connectivity index (χ0n) is 11.0. The molecule has 5 heteroatoms. The standard InChI is InChI=1S/C13H19ClN2O.ClH/c1-4-16(5-2)9-13(17)15-12-7-6-11(14)8-10(12)3;/h6-8H,4-5,9H2,1-3H3,(H,15,17);1H. The van der Waals surface area contributed by atoms with E-state index in [0.29, 0.717) is 11.6 Å². The predicted octanol–water partition coefficient (Wildman–Crippen LogP) is 3.35. The summed E-state index contributed by atoms with van der Waals surface area (Å²) in [6.45, 7) is 8.20. The van der Waals surface area contributed by atoms with Crippen LogP contribution in [0.15, 0.2) is 18.2 Å². The second kappa shape index (κ2) is 8.35. The number of halogens is 2. The number of rotatable bonds is 5. The molecule has 0 aliphatic rings. The Balaban J connectivity index is 0.00000289. The van der Waals surface area contributed by atoms with Crippen LogP contribution in [0.1, 0.15) is 19.4 Å². The lowest BCUT2D eigenvalue weighted by atomic mass is 10.2. The van der Waals surface area contributed by atoms with Gasteiger partial charge in [0.15, 0.2) is 0 Å². The molecule has 1 amide bonds. The van der Waals surface area contributed by atoms with Gasteiger partial charge in [0.05, 0.1) is 6.54 Å². The number of nitrogens with zero attached hydrogens (tertiary/aromatic N) is 1. The number of carbonyl (C=O) groups is 1. The summed E-state index contributed by atoms with van der Waals surface area (Å²) in [5.74, 6) is 0.0131. The van der Waals surface area contributed by atoms with Crippen molar-refractivity contribution in [2.75, 3.05) is 25.0 Å². The molecule has 0 unspecified atom stereocenters. The molecule has 1 aromatic rings. The summed E-state index contributed by atoms with van der Waals surface area (Å²) >= 11 is 5.86. The molecule has 0 bridgehead atoms. The first-order chi connectivity index (χ1) is 8.06. The third-order valence-corrected chi connectivity index (χ3v) is 2.96. The van der Waals surface area contributed by atoms with E-state index in [1.807, 2.05) is 32.9 Å². The average molecular weight is 291 g/mol. The normalized spacial score (nSPS) is 10.1. The molecule has 0 heterocycles. The molecule has 3 nitrogen and oxygen atoms in total. The van der Waals surface area contributed by atoms with E-state index >= 15 is 0 Å². The van der Waals surface area contributed by atoms with Crippen LogP contribution in [0.25, 0.3) is 0 Å². The van der Waals surface area contributed by atoms with E-state index in [9.17, 15) is 4.79 Å². The lowest BCUT2D eigenvalue weighted by Crippen LogP contribution is -2.33. The van der Waals surface area contributed by atoms with Gasteiger partial charge in [0, 0.05) is 10.7 Å². The van der Waals surface area contributed by atoms with Gasteiger partial charge >= 0.3 is 0 Å². The molecule has 18 heavy (non-hydrogen) atoms. The van der Waals surface area contributed by atoms with Crippen molar-refractivity contribution in [3.05, 3.63) is 28.8 Å². The molecule has 0 saturated heterocycles. The maximum atomic E-state index is 11.8. The lowest BCUT2D eigenvalue weighted by Gasteiger charge is -2.17. The molecule has 0 saturated carbocycles. The Bertz CT molecular complexity index is 393. The zero-order valence-corrected chi connectivity index (χ0v) is 12.6. The minimum Gasteiger partial charge on any atom is -0.325 e. The summed E-state index contributed by atoms with van der Waals surface area (Å²) in [4.78, 5) is 13.9. The second-order valence-electron chi connectivity index (χ2n) is 3.97. The largest absolute Gasteiger partial charge is 0.325 e. The van der Waals surface area contributed by atoms with E-state index in [2.05, 4.69) is 10.2 Å². The highest BCUT2D eigenvalue weighted by Gasteiger charge is 2.08. The van der Waals surface area contributed by atoms with E-state index < -0.39 is 0 Å². The Morgan fingerprint density at radius 3 is 2.44 bits per heavy atom. The van der Waals surface area contributed by atoms with Crippen LogP contribution in [0, 0.1) is 6.92 Å². The fraction of sp³-hybridized carbons (Fsp3) is 0.462. The van der Waals surface area contributed by atoms with E-state index in [1.54, 1.807) is 6.07 Å². The molecule has 1 aromatic carbocycles. The Morgan fingerprint density at radius 2 is 1.94 bits per heavy atom. The van der Waals surface area contributed by atoms with Crippen LogP contribution >= 0.6 is 24.0 Å². The SMILES string of the molecule is CCN(CC)CC(=O)Nc1ccc(Cl)cc1C.Cl. The van der Waals surface area contributed by atoms with Crippen molar-refractivity contribution < 1.29 is 4.79 Å².